The Hall–Kier alpha value is -0.120. The minimum absolute atomic E-state index is 0.0633. The molecule has 0 bridgehead atoms. The van der Waals surface area contributed by atoms with Crippen LogP contribution in [0.2, 0.25) is 0 Å². The topological polar surface area (TPSA) is 58.3 Å². The maximum absolute atomic E-state index is 8.96. The van der Waals surface area contributed by atoms with Crippen molar-refractivity contribution in [3.8, 4) is 0 Å². The molecule has 0 aliphatic heterocycles. The highest BCUT2D eigenvalue weighted by Crippen LogP contribution is 2.35. The van der Waals surface area contributed by atoms with E-state index in [0.29, 0.717) is 0 Å². The summed E-state index contributed by atoms with van der Waals surface area (Å²) in [5, 5.41) is 8.96. The molecule has 3 nitrogen and oxygen atoms in total. The summed E-state index contributed by atoms with van der Waals surface area (Å²) in [6.07, 6.45) is 0. The van der Waals surface area contributed by atoms with Crippen LogP contribution in [0.1, 0.15) is 41.5 Å². The first kappa shape index (κ1) is 11.9. The Labute approximate surface area is 75.3 Å². The highest BCUT2D eigenvalue weighted by Gasteiger charge is 2.46. The first-order valence-electron chi connectivity index (χ1n) is 4.26. The van der Waals surface area contributed by atoms with Gasteiger partial charge < -0.3 is 10.9 Å². The second-order valence-electron chi connectivity index (χ2n) is 5.19. The van der Waals surface area contributed by atoms with Gasteiger partial charge in [-0.3, -0.25) is 0 Å². The molecule has 1 unspecified atom stereocenters. The molecule has 3 heteroatoms. The molecule has 74 valence electrons. The van der Waals surface area contributed by atoms with Gasteiger partial charge in [0.25, 0.3) is 0 Å². The Balaban J connectivity index is 4.85. The molecular formula is C9H22N2O. The third-order valence-electron chi connectivity index (χ3n) is 3.14. The molecule has 4 N–H and O–H groups in total. The van der Waals surface area contributed by atoms with E-state index in [0.717, 1.165) is 0 Å². The van der Waals surface area contributed by atoms with E-state index in [1.54, 1.807) is 0 Å². The standard InChI is InChI=1S/C9H22N2O/c1-7(2,3)9(6,10)8(4,5)11-12/h11-12H,10H2,1-6H3. The van der Waals surface area contributed by atoms with E-state index in [2.05, 4.69) is 26.3 Å². The predicted octanol–water partition coefficient (Wildman–Crippen LogP) is 1.51. The maximum Gasteiger partial charge on any atom is 0.0555 e. The highest BCUT2D eigenvalue weighted by atomic mass is 16.5. The van der Waals surface area contributed by atoms with E-state index >= 15 is 0 Å². The van der Waals surface area contributed by atoms with Gasteiger partial charge in [-0.05, 0) is 26.2 Å². The zero-order valence-electron chi connectivity index (χ0n) is 9.02. The molecule has 0 rings (SSSR count). The minimum Gasteiger partial charge on any atom is -0.323 e. The van der Waals surface area contributed by atoms with Gasteiger partial charge >= 0.3 is 0 Å². The van der Waals surface area contributed by atoms with Gasteiger partial charge in [0.1, 0.15) is 0 Å². The molecule has 0 aliphatic carbocycles. The van der Waals surface area contributed by atoms with Crippen LogP contribution in [0.15, 0.2) is 0 Å². The molecule has 12 heavy (non-hydrogen) atoms. The predicted molar refractivity (Wildman–Crippen MR) is 51.0 cm³/mol. The third-order valence-corrected chi connectivity index (χ3v) is 3.14. The van der Waals surface area contributed by atoms with Crippen molar-refractivity contribution >= 4 is 0 Å². The van der Waals surface area contributed by atoms with Crippen LogP contribution >= 0.6 is 0 Å². The molecule has 0 aromatic heterocycles. The Morgan fingerprint density at radius 2 is 1.33 bits per heavy atom. The van der Waals surface area contributed by atoms with Gasteiger partial charge in [0.05, 0.1) is 5.54 Å². The van der Waals surface area contributed by atoms with Crippen molar-refractivity contribution in [2.24, 2.45) is 11.1 Å². The maximum atomic E-state index is 8.96. The van der Waals surface area contributed by atoms with E-state index in [4.69, 9.17) is 10.9 Å². The van der Waals surface area contributed by atoms with Crippen LogP contribution in [0.25, 0.3) is 0 Å². The fourth-order valence-corrected chi connectivity index (χ4v) is 1.05. The van der Waals surface area contributed by atoms with Crippen LogP contribution in [-0.4, -0.2) is 16.3 Å². The number of nitrogens with two attached hydrogens (primary N) is 1. The molecular weight excluding hydrogens is 152 g/mol. The second kappa shape index (κ2) is 2.98. The quantitative estimate of drug-likeness (QED) is 0.556. The number of nitrogens with one attached hydrogen (secondary N) is 1. The Kier molecular flexibility index (Phi) is 2.95. The average Bonchev–Trinajstić information content (AvgIpc) is 1.85. The molecule has 0 radical (unpaired) electrons. The van der Waals surface area contributed by atoms with Gasteiger partial charge in [0.2, 0.25) is 0 Å². The van der Waals surface area contributed by atoms with Crippen molar-refractivity contribution in [3.63, 3.8) is 0 Å². The molecule has 0 amide bonds. The fourth-order valence-electron chi connectivity index (χ4n) is 1.05. The normalized spacial score (nSPS) is 19.0. The average molecular weight is 174 g/mol. The summed E-state index contributed by atoms with van der Waals surface area (Å²) in [5.74, 6) is 0. The summed E-state index contributed by atoms with van der Waals surface area (Å²) in [5.41, 5.74) is 7.39. The number of hydrogen-bond acceptors (Lipinski definition) is 3. The molecule has 0 aromatic rings. The molecule has 0 fully saturated rings. The van der Waals surface area contributed by atoms with Crippen LogP contribution in [-0.2, 0) is 0 Å². The van der Waals surface area contributed by atoms with Crippen LogP contribution in [0, 0.1) is 5.41 Å². The lowest BCUT2D eigenvalue weighted by atomic mass is 9.65. The van der Waals surface area contributed by atoms with Gasteiger partial charge in [-0.15, -0.1) is 0 Å². The zero-order valence-corrected chi connectivity index (χ0v) is 9.02. The van der Waals surface area contributed by atoms with Gasteiger partial charge in [-0.1, -0.05) is 20.8 Å². The SMILES string of the molecule is CC(C)(C)C(C)(N)C(C)(C)NO. The second-order valence-corrected chi connectivity index (χ2v) is 5.19. The largest absolute Gasteiger partial charge is 0.323 e. The van der Waals surface area contributed by atoms with Crippen molar-refractivity contribution in [3.05, 3.63) is 0 Å². The van der Waals surface area contributed by atoms with Crippen molar-refractivity contribution in [2.75, 3.05) is 0 Å². The number of hydroxylamine groups is 1. The summed E-state index contributed by atoms with van der Waals surface area (Å²) < 4.78 is 0. The summed E-state index contributed by atoms with van der Waals surface area (Å²) in [6, 6.07) is 0. The van der Waals surface area contributed by atoms with Crippen molar-refractivity contribution < 1.29 is 5.21 Å². The lowest BCUT2D eigenvalue weighted by Crippen LogP contribution is -2.68. The molecule has 0 aliphatic rings. The molecule has 0 aromatic carbocycles. The molecule has 0 saturated heterocycles. The first-order chi connectivity index (χ1) is 5.06. The zero-order chi connectivity index (χ0) is 10.2. The van der Waals surface area contributed by atoms with Crippen molar-refractivity contribution in [1.29, 1.82) is 0 Å². The van der Waals surface area contributed by atoms with E-state index in [1.165, 1.54) is 0 Å². The fraction of sp³-hybridized carbons (Fsp3) is 1.00. The van der Waals surface area contributed by atoms with Gasteiger partial charge in [0, 0.05) is 5.54 Å². The first-order valence-corrected chi connectivity index (χ1v) is 4.26. The molecule has 1 atom stereocenters. The lowest BCUT2D eigenvalue weighted by molar-refractivity contribution is -0.00522. The summed E-state index contributed by atoms with van der Waals surface area (Å²) >= 11 is 0. The van der Waals surface area contributed by atoms with Crippen molar-refractivity contribution in [1.82, 2.24) is 5.48 Å². The minimum atomic E-state index is -0.495. The van der Waals surface area contributed by atoms with Crippen LogP contribution in [0.5, 0.6) is 0 Å². The Morgan fingerprint density at radius 3 is 1.42 bits per heavy atom. The van der Waals surface area contributed by atoms with Crippen LogP contribution < -0.4 is 11.2 Å². The number of rotatable bonds is 2. The van der Waals surface area contributed by atoms with Crippen LogP contribution in [0.4, 0.5) is 0 Å². The van der Waals surface area contributed by atoms with Gasteiger partial charge in [-0.25, -0.2) is 0 Å². The van der Waals surface area contributed by atoms with E-state index in [1.807, 2.05) is 20.8 Å². The smallest absolute Gasteiger partial charge is 0.0555 e. The summed E-state index contributed by atoms with van der Waals surface area (Å²) in [4.78, 5) is 0. The summed E-state index contributed by atoms with van der Waals surface area (Å²) in [7, 11) is 0. The van der Waals surface area contributed by atoms with Crippen LogP contribution in [0.3, 0.4) is 0 Å². The molecule has 0 saturated carbocycles. The number of hydrogen-bond donors (Lipinski definition) is 3. The monoisotopic (exact) mass is 174 g/mol. The Morgan fingerprint density at radius 1 is 1.00 bits per heavy atom. The van der Waals surface area contributed by atoms with Crippen molar-refractivity contribution in [2.45, 2.75) is 52.6 Å². The van der Waals surface area contributed by atoms with E-state index in [9.17, 15) is 0 Å². The molecule has 0 spiro atoms. The Bertz CT molecular complexity index is 156. The lowest BCUT2D eigenvalue weighted by Gasteiger charge is -2.49. The summed E-state index contributed by atoms with van der Waals surface area (Å²) in [6.45, 7) is 11.9. The molecule has 0 heterocycles. The van der Waals surface area contributed by atoms with E-state index < -0.39 is 11.1 Å². The highest BCUT2D eigenvalue weighted by molar-refractivity contribution is 5.05. The van der Waals surface area contributed by atoms with Gasteiger partial charge in [0.15, 0.2) is 0 Å². The van der Waals surface area contributed by atoms with Gasteiger partial charge in [-0.2, -0.15) is 5.48 Å². The third kappa shape index (κ3) is 1.79. The van der Waals surface area contributed by atoms with E-state index in [-0.39, 0.29) is 5.41 Å².